The molecule has 1 aliphatic rings. The van der Waals surface area contributed by atoms with E-state index in [1.807, 2.05) is 0 Å². The quantitative estimate of drug-likeness (QED) is 0.524. The lowest BCUT2D eigenvalue weighted by Gasteiger charge is -2.16. The summed E-state index contributed by atoms with van der Waals surface area (Å²) in [5, 5.41) is 10.6. The summed E-state index contributed by atoms with van der Waals surface area (Å²) in [4.78, 5) is 10.2. The van der Waals surface area contributed by atoms with Crippen molar-refractivity contribution in [2.24, 2.45) is 0 Å². The average Bonchev–Trinajstić information content (AvgIpc) is 2.74. The van der Waals surface area contributed by atoms with E-state index in [1.165, 1.54) is 12.1 Å². The highest BCUT2D eigenvalue weighted by atomic mass is 35.5. The molecule has 0 bridgehead atoms. The molecule has 1 saturated carbocycles. The van der Waals surface area contributed by atoms with Crippen molar-refractivity contribution in [2.75, 3.05) is 0 Å². The second kappa shape index (κ2) is 5.67. The van der Waals surface area contributed by atoms with Gasteiger partial charge in [0.2, 0.25) is 10.0 Å². The first-order valence-corrected chi connectivity index (χ1v) is 8.14. The summed E-state index contributed by atoms with van der Waals surface area (Å²) in [5.41, 5.74) is 0.215. The van der Waals surface area contributed by atoms with E-state index in [0.29, 0.717) is 12.0 Å². The number of hydrogen-bond donors (Lipinski definition) is 1. The molecule has 0 aliphatic heterocycles. The van der Waals surface area contributed by atoms with Crippen LogP contribution in [-0.4, -0.2) is 24.8 Å². The van der Waals surface area contributed by atoms with Crippen LogP contribution in [0, 0.1) is 17.0 Å². The highest BCUT2D eigenvalue weighted by molar-refractivity contribution is 7.89. The zero-order chi connectivity index (χ0) is 14.9. The van der Waals surface area contributed by atoms with Crippen LogP contribution in [0.15, 0.2) is 23.1 Å². The number of aryl methyl sites for hydroxylation is 1. The second-order valence-electron chi connectivity index (χ2n) is 4.88. The number of nitrogens with one attached hydrogen (secondary N) is 1. The molecule has 0 heterocycles. The molecule has 2 rings (SSSR count). The maximum atomic E-state index is 12.2. The van der Waals surface area contributed by atoms with Crippen LogP contribution < -0.4 is 4.72 Å². The predicted octanol–water partition coefficient (Wildman–Crippen LogP) is 2.34. The Hall–Kier alpha value is -1.18. The number of halogens is 1. The topological polar surface area (TPSA) is 89.3 Å². The summed E-state index contributed by atoms with van der Waals surface area (Å²) in [6, 6.07) is 3.56. The molecule has 1 aromatic rings. The van der Waals surface area contributed by atoms with Gasteiger partial charge in [-0.05, 0) is 25.8 Å². The summed E-state index contributed by atoms with van der Waals surface area (Å²) in [5.74, 6) is 0. The number of sulfonamides is 1. The molecule has 1 aliphatic carbocycles. The minimum Gasteiger partial charge on any atom is -0.258 e. The van der Waals surface area contributed by atoms with Crippen molar-refractivity contribution in [2.45, 2.75) is 42.5 Å². The maximum Gasteiger partial charge on any atom is 0.273 e. The van der Waals surface area contributed by atoms with Crippen LogP contribution in [0.5, 0.6) is 0 Å². The maximum absolute atomic E-state index is 12.2. The van der Waals surface area contributed by atoms with Crippen LogP contribution in [0.4, 0.5) is 5.69 Å². The molecular weight excluding hydrogens is 304 g/mol. The highest BCUT2D eigenvalue weighted by Gasteiger charge is 2.30. The monoisotopic (exact) mass is 318 g/mol. The number of nitrogens with zero attached hydrogens (tertiary/aromatic N) is 1. The van der Waals surface area contributed by atoms with Crippen molar-refractivity contribution in [3.05, 3.63) is 33.9 Å². The molecule has 2 atom stereocenters. The molecule has 1 aromatic carbocycles. The molecule has 6 nitrogen and oxygen atoms in total. The predicted molar refractivity (Wildman–Crippen MR) is 75.4 cm³/mol. The molecular formula is C12H15ClN2O4S. The molecule has 8 heteroatoms. The zero-order valence-electron chi connectivity index (χ0n) is 10.9. The number of nitro benzene ring substituents is 1. The summed E-state index contributed by atoms with van der Waals surface area (Å²) >= 11 is 6.04. The van der Waals surface area contributed by atoms with Gasteiger partial charge >= 0.3 is 0 Å². The van der Waals surface area contributed by atoms with E-state index in [-0.39, 0.29) is 22.0 Å². The Morgan fingerprint density at radius 3 is 2.65 bits per heavy atom. The average molecular weight is 319 g/mol. The molecule has 2 unspecified atom stereocenters. The largest absolute Gasteiger partial charge is 0.273 e. The standard InChI is InChI=1S/C12H15ClN2O4S/c1-8-5-6-9(7-12(8)15(16)17)20(18,19)14-11-4-2-3-10(11)13/h5-7,10-11,14H,2-4H2,1H3. The number of rotatable bonds is 4. The number of hydrogen-bond acceptors (Lipinski definition) is 4. The fourth-order valence-electron chi connectivity index (χ4n) is 2.27. The Kier molecular flexibility index (Phi) is 4.31. The lowest BCUT2D eigenvalue weighted by Crippen LogP contribution is -2.37. The molecule has 0 amide bonds. The van der Waals surface area contributed by atoms with Gasteiger partial charge in [-0.3, -0.25) is 10.1 Å². The van der Waals surface area contributed by atoms with E-state index in [2.05, 4.69) is 4.72 Å². The Balaban J connectivity index is 2.30. The SMILES string of the molecule is Cc1ccc(S(=O)(=O)NC2CCCC2Cl)cc1[N+](=O)[O-]. The minimum atomic E-state index is -3.79. The first kappa shape index (κ1) is 15.2. The van der Waals surface area contributed by atoms with E-state index in [4.69, 9.17) is 11.6 Å². The molecule has 1 fully saturated rings. The number of alkyl halides is 1. The van der Waals surface area contributed by atoms with Crippen LogP contribution in [0.2, 0.25) is 0 Å². The van der Waals surface area contributed by atoms with Crippen LogP contribution >= 0.6 is 11.6 Å². The number of benzene rings is 1. The van der Waals surface area contributed by atoms with Crippen molar-refractivity contribution < 1.29 is 13.3 Å². The van der Waals surface area contributed by atoms with Gasteiger partial charge in [-0.2, -0.15) is 0 Å². The molecule has 0 radical (unpaired) electrons. The minimum absolute atomic E-state index is 0.106. The number of nitro groups is 1. The molecule has 0 aromatic heterocycles. The van der Waals surface area contributed by atoms with Gasteiger partial charge in [0.05, 0.1) is 9.82 Å². The Morgan fingerprint density at radius 2 is 2.10 bits per heavy atom. The Morgan fingerprint density at radius 1 is 1.40 bits per heavy atom. The smallest absolute Gasteiger partial charge is 0.258 e. The van der Waals surface area contributed by atoms with E-state index in [1.54, 1.807) is 6.92 Å². The Bertz CT molecular complexity index is 632. The fourth-order valence-corrected chi connectivity index (χ4v) is 4.02. The van der Waals surface area contributed by atoms with Gasteiger partial charge < -0.3 is 0 Å². The Labute approximate surface area is 122 Å². The van der Waals surface area contributed by atoms with Crippen LogP contribution in [0.25, 0.3) is 0 Å². The normalized spacial score (nSPS) is 22.9. The van der Waals surface area contributed by atoms with Crippen LogP contribution in [0.1, 0.15) is 24.8 Å². The van der Waals surface area contributed by atoms with Gasteiger partial charge in [-0.15, -0.1) is 11.6 Å². The molecule has 0 saturated heterocycles. The summed E-state index contributed by atoms with van der Waals surface area (Å²) in [6.45, 7) is 1.56. The molecule has 110 valence electrons. The first-order valence-electron chi connectivity index (χ1n) is 6.23. The third-order valence-electron chi connectivity index (χ3n) is 3.43. The van der Waals surface area contributed by atoms with Gasteiger partial charge in [0.1, 0.15) is 0 Å². The molecule has 1 N–H and O–H groups in total. The van der Waals surface area contributed by atoms with Gasteiger partial charge in [0.15, 0.2) is 0 Å². The van der Waals surface area contributed by atoms with Crippen molar-refractivity contribution in [3.63, 3.8) is 0 Å². The zero-order valence-corrected chi connectivity index (χ0v) is 12.4. The lowest BCUT2D eigenvalue weighted by molar-refractivity contribution is -0.385. The second-order valence-corrected chi connectivity index (χ2v) is 7.15. The van der Waals surface area contributed by atoms with Crippen molar-refractivity contribution in [3.8, 4) is 0 Å². The summed E-state index contributed by atoms with van der Waals surface area (Å²) < 4.78 is 27.0. The van der Waals surface area contributed by atoms with E-state index in [0.717, 1.165) is 18.9 Å². The summed E-state index contributed by atoms with van der Waals surface area (Å²) in [6.07, 6.45) is 2.32. The van der Waals surface area contributed by atoms with Crippen LogP contribution in [0.3, 0.4) is 0 Å². The van der Waals surface area contributed by atoms with Crippen molar-refractivity contribution in [1.29, 1.82) is 0 Å². The van der Waals surface area contributed by atoms with Gasteiger partial charge in [0, 0.05) is 23.0 Å². The van der Waals surface area contributed by atoms with Gasteiger partial charge in [-0.25, -0.2) is 13.1 Å². The van der Waals surface area contributed by atoms with Gasteiger partial charge in [-0.1, -0.05) is 12.5 Å². The lowest BCUT2D eigenvalue weighted by atomic mass is 10.2. The van der Waals surface area contributed by atoms with Crippen LogP contribution in [-0.2, 0) is 10.0 Å². The summed E-state index contributed by atoms with van der Waals surface area (Å²) in [7, 11) is -3.79. The third-order valence-corrected chi connectivity index (χ3v) is 5.44. The van der Waals surface area contributed by atoms with E-state index in [9.17, 15) is 18.5 Å². The highest BCUT2D eigenvalue weighted by Crippen LogP contribution is 2.27. The molecule has 20 heavy (non-hydrogen) atoms. The molecule has 0 spiro atoms. The van der Waals surface area contributed by atoms with Gasteiger partial charge in [0.25, 0.3) is 5.69 Å². The third kappa shape index (κ3) is 3.11. The first-order chi connectivity index (χ1) is 9.31. The fraction of sp³-hybridized carbons (Fsp3) is 0.500. The van der Waals surface area contributed by atoms with E-state index >= 15 is 0 Å². The van der Waals surface area contributed by atoms with Crippen molar-refractivity contribution >= 4 is 27.3 Å². The van der Waals surface area contributed by atoms with Crippen molar-refractivity contribution in [1.82, 2.24) is 4.72 Å². The van der Waals surface area contributed by atoms with E-state index < -0.39 is 14.9 Å².